The lowest BCUT2D eigenvalue weighted by atomic mass is 10.3. The van der Waals surface area contributed by atoms with Crippen LogP contribution in [0.25, 0.3) is 11.0 Å². The molecule has 0 aliphatic rings. The topological polar surface area (TPSA) is 25.8 Å². The highest BCUT2D eigenvalue weighted by Gasteiger charge is 2.01. The Morgan fingerprint density at radius 3 is 2.91 bits per heavy atom. The van der Waals surface area contributed by atoms with Crippen LogP contribution in [0.15, 0.2) is 12.1 Å². The number of fused-ring (bicyclic) bond motifs is 1. The molecule has 2 heterocycles. The largest absolute Gasteiger partial charge is 0.233 e. The van der Waals surface area contributed by atoms with E-state index in [1.54, 1.807) is 0 Å². The second-order valence-electron chi connectivity index (χ2n) is 2.56. The molecule has 0 fully saturated rings. The summed E-state index contributed by atoms with van der Waals surface area (Å²) in [5.74, 6) is 0. The normalized spacial score (nSPS) is 10.7. The van der Waals surface area contributed by atoms with Gasteiger partial charge in [0.1, 0.15) is 0 Å². The van der Waals surface area contributed by atoms with E-state index in [0.29, 0.717) is 0 Å². The average Bonchev–Trinajstić information content (AvgIpc) is 2.32. The van der Waals surface area contributed by atoms with Gasteiger partial charge in [0.15, 0.2) is 5.65 Å². The van der Waals surface area contributed by atoms with Gasteiger partial charge in [-0.1, -0.05) is 0 Å². The lowest BCUT2D eigenvalue weighted by Gasteiger charge is -1.90. The molecule has 11 heavy (non-hydrogen) atoms. The van der Waals surface area contributed by atoms with Crippen LogP contribution in [0.5, 0.6) is 0 Å². The minimum absolute atomic E-state index is 0.882. The van der Waals surface area contributed by atoms with E-state index in [2.05, 4.69) is 22.3 Å². The minimum atomic E-state index is 0.882. The fourth-order valence-electron chi connectivity index (χ4n) is 1.05. The molecule has 0 saturated heterocycles. The lowest BCUT2D eigenvalue weighted by Crippen LogP contribution is -1.80. The van der Waals surface area contributed by atoms with Crippen molar-refractivity contribution >= 4 is 22.6 Å². The van der Waals surface area contributed by atoms with Crippen LogP contribution in [-0.4, -0.2) is 9.36 Å². The van der Waals surface area contributed by atoms with Gasteiger partial charge in [-0.2, -0.15) is 4.37 Å². The number of nitrogens with zero attached hydrogens (tertiary/aromatic N) is 2. The first-order valence-electron chi connectivity index (χ1n) is 3.47. The number of hydrogen-bond donors (Lipinski definition) is 0. The number of pyridine rings is 1. The van der Waals surface area contributed by atoms with E-state index in [0.717, 1.165) is 11.3 Å². The van der Waals surface area contributed by atoms with Crippen molar-refractivity contribution in [3.05, 3.63) is 22.7 Å². The first-order chi connectivity index (χ1) is 5.27. The Morgan fingerprint density at radius 2 is 2.09 bits per heavy atom. The molecule has 2 nitrogen and oxygen atoms in total. The van der Waals surface area contributed by atoms with Crippen molar-refractivity contribution in [2.45, 2.75) is 13.8 Å². The third kappa shape index (κ3) is 1.01. The number of aromatic nitrogens is 2. The Hall–Kier alpha value is -0.960. The van der Waals surface area contributed by atoms with Crippen LogP contribution in [0.3, 0.4) is 0 Å². The molecule has 0 amide bonds. The molecule has 56 valence electrons. The van der Waals surface area contributed by atoms with E-state index < -0.39 is 0 Å². The molecule has 0 aliphatic carbocycles. The minimum Gasteiger partial charge on any atom is -0.233 e. The summed E-state index contributed by atoms with van der Waals surface area (Å²) in [5.41, 5.74) is 1.91. The molecule has 2 aromatic heterocycles. The van der Waals surface area contributed by atoms with E-state index in [4.69, 9.17) is 0 Å². The van der Waals surface area contributed by atoms with Crippen molar-refractivity contribution < 1.29 is 0 Å². The molecular weight excluding hydrogens is 156 g/mol. The van der Waals surface area contributed by atoms with Crippen molar-refractivity contribution in [1.29, 1.82) is 0 Å². The molecule has 0 aromatic carbocycles. The predicted molar refractivity (Wildman–Crippen MR) is 46.9 cm³/mol. The maximum atomic E-state index is 4.30. The molecule has 3 heteroatoms. The molecule has 0 aliphatic heterocycles. The first kappa shape index (κ1) is 6.73. The van der Waals surface area contributed by atoms with E-state index in [9.17, 15) is 0 Å². The van der Waals surface area contributed by atoms with Crippen molar-refractivity contribution in [3.63, 3.8) is 0 Å². The molecule has 2 rings (SSSR count). The van der Waals surface area contributed by atoms with Gasteiger partial charge in [0.05, 0.1) is 0 Å². The van der Waals surface area contributed by atoms with Gasteiger partial charge in [-0.25, -0.2) is 4.98 Å². The zero-order valence-electron chi connectivity index (χ0n) is 6.46. The van der Waals surface area contributed by atoms with Crippen molar-refractivity contribution in [3.8, 4) is 0 Å². The number of rotatable bonds is 0. The highest BCUT2D eigenvalue weighted by atomic mass is 32.1. The fraction of sp³-hybridized carbons (Fsp3) is 0.250. The smallest absolute Gasteiger partial charge is 0.173 e. The van der Waals surface area contributed by atoms with E-state index >= 15 is 0 Å². The highest BCUT2D eigenvalue weighted by Crippen LogP contribution is 2.19. The van der Waals surface area contributed by atoms with Gasteiger partial charge in [-0.05, 0) is 37.5 Å². The van der Waals surface area contributed by atoms with Crippen LogP contribution in [-0.2, 0) is 0 Å². The molecular formula is C8H8N2S. The first-order valence-corrected chi connectivity index (χ1v) is 4.24. The van der Waals surface area contributed by atoms with Crippen LogP contribution in [0.1, 0.15) is 10.6 Å². The molecule has 2 aromatic rings. The van der Waals surface area contributed by atoms with Crippen molar-refractivity contribution in [2.75, 3.05) is 0 Å². The Bertz CT molecular complexity index is 392. The zero-order chi connectivity index (χ0) is 7.84. The van der Waals surface area contributed by atoms with Gasteiger partial charge in [-0.15, -0.1) is 0 Å². The van der Waals surface area contributed by atoms with Gasteiger partial charge in [0.2, 0.25) is 0 Å². The van der Waals surface area contributed by atoms with Gasteiger partial charge in [-0.3, -0.25) is 0 Å². The molecule has 0 spiro atoms. The Morgan fingerprint density at radius 1 is 1.27 bits per heavy atom. The fourth-order valence-corrected chi connectivity index (χ4v) is 1.67. The van der Waals surface area contributed by atoms with E-state index in [-0.39, 0.29) is 0 Å². The predicted octanol–water partition coefficient (Wildman–Crippen LogP) is 2.31. The van der Waals surface area contributed by atoms with Gasteiger partial charge in [0.25, 0.3) is 0 Å². The number of hydrogen-bond acceptors (Lipinski definition) is 3. The van der Waals surface area contributed by atoms with Crippen LogP contribution in [0.2, 0.25) is 0 Å². The SMILES string of the molecule is Cc1ccc2c(C)snc2n1. The monoisotopic (exact) mass is 164 g/mol. The summed E-state index contributed by atoms with van der Waals surface area (Å²) in [4.78, 5) is 5.54. The standard InChI is InChI=1S/C8H8N2S/c1-5-3-4-7-6(2)11-10-8(7)9-5/h3-4H,1-2H3. The summed E-state index contributed by atoms with van der Waals surface area (Å²) in [6, 6.07) is 4.10. The second kappa shape index (κ2) is 2.27. The zero-order valence-corrected chi connectivity index (χ0v) is 7.27. The molecule has 0 atom stereocenters. The van der Waals surface area contributed by atoms with Gasteiger partial charge >= 0.3 is 0 Å². The third-order valence-corrected chi connectivity index (χ3v) is 2.42. The van der Waals surface area contributed by atoms with Crippen molar-refractivity contribution in [2.24, 2.45) is 0 Å². The Labute approximate surface area is 69.1 Å². The third-order valence-electron chi connectivity index (χ3n) is 1.66. The maximum Gasteiger partial charge on any atom is 0.173 e. The molecule has 0 N–H and O–H groups in total. The average molecular weight is 164 g/mol. The highest BCUT2D eigenvalue weighted by molar-refractivity contribution is 7.07. The molecule has 0 unspecified atom stereocenters. The van der Waals surface area contributed by atoms with Crippen LogP contribution in [0.4, 0.5) is 0 Å². The van der Waals surface area contributed by atoms with Gasteiger partial charge in [0, 0.05) is 16.0 Å². The summed E-state index contributed by atoms with van der Waals surface area (Å²) in [6.07, 6.45) is 0. The summed E-state index contributed by atoms with van der Waals surface area (Å²) in [5, 5.41) is 1.18. The van der Waals surface area contributed by atoms with Gasteiger partial charge < -0.3 is 0 Å². The molecule has 0 saturated carbocycles. The lowest BCUT2D eigenvalue weighted by molar-refractivity contribution is 1.24. The Kier molecular flexibility index (Phi) is 1.39. The van der Waals surface area contributed by atoms with E-state index in [1.165, 1.54) is 21.8 Å². The Balaban J connectivity index is 2.86. The quantitative estimate of drug-likeness (QED) is 0.597. The summed E-state index contributed by atoms with van der Waals surface area (Å²) < 4.78 is 4.21. The second-order valence-corrected chi connectivity index (χ2v) is 3.54. The van der Waals surface area contributed by atoms with Crippen LogP contribution in [0, 0.1) is 13.8 Å². The van der Waals surface area contributed by atoms with Crippen LogP contribution >= 0.6 is 11.5 Å². The summed E-state index contributed by atoms with van der Waals surface area (Å²) in [7, 11) is 0. The van der Waals surface area contributed by atoms with Crippen molar-refractivity contribution in [1.82, 2.24) is 9.36 Å². The van der Waals surface area contributed by atoms with E-state index in [1.807, 2.05) is 13.0 Å². The summed E-state index contributed by atoms with van der Waals surface area (Å²) in [6.45, 7) is 4.05. The molecule has 0 bridgehead atoms. The summed E-state index contributed by atoms with van der Waals surface area (Å²) >= 11 is 1.51. The number of aryl methyl sites for hydroxylation is 2. The maximum absolute atomic E-state index is 4.30. The van der Waals surface area contributed by atoms with Crippen LogP contribution < -0.4 is 0 Å². The molecule has 0 radical (unpaired) electrons.